The van der Waals surface area contributed by atoms with Gasteiger partial charge in [-0.25, -0.2) is 9.97 Å². The van der Waals surface area contributed by atoms with Crippen LogP contribution in [-0.2, 0) is 0 Å². The van der Waals surface area contributed by atoms with Crippen LogP contribution in [0.1, 0.15) is 68.1 Å². The molecule has 1 aromatic heterocycles. The van der Waals surface area contributed by atoms with Crippen LogP contribution < -0.4 is 10.2 Å². The minimum Gasteiger partial charge on any atom is -0.357 e. The minimum absolute atomic E-state index is 0.0372. The summed E-state index contributed by atoms with van der Waals surface area (Å²) in [5, 5.41) is 3.22. The molecule has 0 unspecified atom stereocenters. The number of aromatic nitrogens is 2. The Morgan fingerprint density at radius 2 is 1.57 bits per heavy atom. The van der Waals surface area contributed by atoms with E-state index in [4.69, 9.17) is 0 Å². The topological polar surface area (TPSA) is 58.1 Å². The minimum atomic E-state index is 0.0372. The summed E-state index contributed by atoms with van der Waals surface area (Å²) in [6, 6.07) is 10.2. The zero-order valence-corrected chi connectivity index (χ0v) is 16.6. The smallest absolute Gasteiger partial charge is 0.251 e. The first-order valence-electron chi connectivity index (χ1n) is 10.8. The predicted molar refractivity (Wildman–Crippen MR) is 112 cm³/mol. The fraction of sp³-hybridized carbons (Fsp3) is 0.522. The number of nitrogens with one attached hydrogen (secondary N) is 1. The van der Waals surface area contributed by atoms with E-state index in [-0.39, 0.29) is 5.91 Å². The van der Waals surface area contributed by atoms with Gasteiger partial charge in [-0.05, 0) is 44.2 Å². The van der Waals surface area contributed by atoms with Crippen LogP contribution >= 0.6 is 0 Å². The van der Waals surface area contributed by atoms with Crippen molar-refractivity contribution in [2.24, 2.45) is 0 Å². The third kappa shape index (κ3) is 4.70. The number of benzene rings is 1. The number of hydrogen-bond acceptors (Lipinski definition) is 4. The summed E-state index contributed by atoms with van der Waals surface area (Å²) in [5.74, 6) is 1.04. The van der Waals surface area contributed by atoms with Crippen molar-refractivity contribution < 1.29 is 4.79 Å². The molecule has 2 aromatic rings. The maximum absolute atomic E-state index is 12.6. The zero-order valence-electron chi connectivity index (χ0n) is 16.6. The van der Waals surface area contributed by atoms with Crippen LogP contribution in [0.4, 0.5) is 5.82 Å². The largest absolute Gasteiger partial charge is 0.357 e. The SMILES string of the molecule is O=C(NC1CCCCCC1)c1ccc(-c2cc(N3CCCCC3)ncn2)cc1. The summed E-state index contributed by atoms with van der Waals surface area (Å²) in [6.07, 6.45) is 12.6. The highest BCUT2D eigenvalue weighted by molar-refractivity contribution is 5.94. The normalized spacial score (nSPS) is 18.5. The van der Waals surface area contributed by atoms with Crippen molar-refractivity contribution in [2.75, 3.05) is 18.0 Å². The van der Waals surface area contributed by atoms with Gasteiger partial charge in [0, 0.05) is 36.3 Å². The van der Waals surface area contributed by atoms with E-state index in [1.807, 2.05) is 24.3 Å². The lowest BCUT2D eigenvalue weighted by Gasteiger charge is -2.27. The fourth-order valence-corrected chi connectivity index (χ4v) is 4.29. The van der Waals surface area contributed by atoms with Crippen molar-refractivity contribution in [3.05, 3.63) is 42.2 Å². The molecule has 2 heterocycles. The fourth-order valence-electron chi connectivity index (χ4n) is 4.29. The van der Waals surface area contributed by atoms with E-state index in [0.717, 1.165) is 48.6 Å². The number of anilines is 1. The quantitative estimate of drug-likeness (QED) is 0.791. The molecule has 4 rings (SSSR count). The summed E-state index contributed by atoms with van der Waals surface area (Å²) in [5.41, 5.74) is 2.65. The van der Waals surface area contributed by atoms with Crippen LogP contribution in [0.3, 0.4) is 0 Å². The summed E-state index contributed by atoms with van der Waals surface area (Å²) in [4.78, 5) is 23.8. The summed E-state index contributed by atoms with van der Waals surface area (Å²) >= 11 is 0. The second-order valence-electron chi connectivity index (χ2n) is 8.05. The Hall–Kier alpha value is -2.43. The van der Waals surface area contributed by atoms with Gasteiger partial charge in [0.2, 0.25) is 0 Å². The van der Waals surface area contributed by atoms with Crippen molar-refractivity contribution in [1.29, 1.82) is 0 Å². The number of rotatable bonds is 4. The highest BCUT2D eigenvalue weighted by Crippen LogP contribution is 2.24. The molecule has 1 amide bonds. The number of carbonyl (C=O) groups is 1. The van der Waals surface area contributed by atoms with Crippen molar-refractivity contribution in [3.8, 4) is 11.3 Å². The molecule has 2 fully saturated rings. The Morgan fingerprint density at radius 3 is 2.29 bits per heavy atom. The molecule has 5 nitrogen and oxygen atoms in total. The number of carbonyl (C=O) groups excluding carboxylic acids is 1. The van der Waals surface area contributed by atoms with E-state index < -0.39 is 0 Å². The Kier molecular flexibility index (Phi) is 6.20. The number of hydrogen-bond donors (Lipinski definition) is 1. The first-order chi connectivity index (χ1) is 13.8. The highest BCUT2D eigenvalue weighted by Gasteiger charge is 2.16. The Morgan fingerprint density at radius 1 is 0.893 bits per heavy atom. The van der Waals surface area contributed by atoms with Gasteiger partial charge in [0.1, 0.15) is 12.1 Å². The molecule has 1 aliphatic carbocycles. The van der Waals surface area contributed by atoms with Gasteiger partial charge in [0.15, 0.2) is 0 Å². The zero-order chi connectivity index (χ0) is 19.2. The molecule has 28 heavy (non-hydrogen) atoms. The molecule has 0 bridgehead atoms. The van der Waals surface area contributed by atoms with Crippen LogP contribution in [0.2, 0.25) is 0 Å². The maximum atomic E-state index is 12.6. The highest BCUT2D eigenvalue weighted by atomic mass is 16.1. The molecule has 1 saturated carbocycles. The number of nitrogens with zero attached hydrogens (tertiary/aromatic N) is 3. The van der Waals surface area contributed by atoms with Gasteiger partial charge in [0.25, 0.3) is 5.91 Å². The average molecular weight is 379 g/mol. The molecule has 148 valence electrons. The molecule has 1 aromatic carbocycles. The van der Waals surface area contributed by atoms with E-state index >= 15 is 0 Å². The predicted octanol–water partition coefficient (Wildman–Crippen LogP) is 4.59. The van der Waals surface area contributed by atoms with Gasteiger partial charge in [0.05, 0.1) is 5.69 Å². The first kappa shape index (κ1) is 18.9. The second-order valence-corrected chi connectivity index (χ2v) is 8.05. The van der Waals surface area contributed by atoms with Crippen molar-refractivity contribution in [1.82, 2.24) is 15.3 Å². The van der Waals surface area contributed by atoms with Crippen LogP contribution in [0.25, 0.3) is 11.3 Å². The first-order valence-corrected chi connectivity index (χ1v) is 10.8. The van der Waals surface area contributed by atoms with E-state index in [0.29, 0.717) is 6.04 Å². The van der Waals surface area contributed by atoms with Crippen LogP contribution in [-0.4, -0.2) is 35.0 Å². The second kappa shape index (κ2) is 9.18. The standard InChI is InChI=1S/C23H30N4O/c28-23(26-20-8-4-1-2-5-9-20)19-12-10-18(11-13-19)21-16-22(25-17-24-21)27-14-6-3-7-15-27/h10-13,16-17,20H,1-9,14-15H2,(H,26,28). The molecule has 1 saturated heterocycles. The molecular formula is C23H30N4O. The van der Waals surface area contributed by atoms with E-state index in [1.165, 1.54) is 44.9 Å². The summed E-state index contributed by atoms with van der Waals surface area (Å²) < 4.78 is 0. The lowest BCUT2D eigenvalue weighted by Crippen LogP contribution is -2.34. The molecule has 1 aliphatic heterocycles. The monoisotopic (exact) mass is 378 g/mol. The Balaban J connectivity index is 1.43. The molecule has 0 spiro atoms. The summed E-state index contributed by atoms with van der Waals surface area (Å²) in [7, 11) is 0. The van der Waals surface area contributed by atoms with Crippen molar-refractivity contribution in [2.45, 2.75) is 63.8 Å². The maximum Gasteiger partial charge on any atom is 0.251 e. The van der Waals surface area contributed by atoms with Crippen molar-refractivity contribution >= 4 is 11.7 Å². The van der Waals surface area contributed by atoms with E-state index in [1.54, 1.807) is 6.33 Å². The van der Waals surface area contributed by atoms with Crippen molar-refractivity contribution in [3.63, 3.8) is 0 Å². The van der Waals surface area contributed by atoms with Gasteiger partial charge in [-0.15, -0.1) is 0 Å². The molecule has 0 radical (unpaired) electrons. The average Bonchev–Trinajstić information content (AvgIpc) is 3.03. The Bertz CT molecular complexity index is 775. The van der Waals surface area contributed by atoms with Gasteiger partial charge in [-0.3, -0.25) is 4.79 Å². The van der Waals surface area contributed by atoms with Crippen LogP contribution in [0.15, 0.2) is 36.7 Å². The molecule has 1 N–H and O–H groups in total. The molecule has 2 aliphatic rings. The third-order valence-electron chi connectivity index (χ3n) is 5.97. The lowest BCUT2D eigenvalue weighted by molar-refractivity contribution is 0.0933. The van der Waals surface area contributed by atoms with E-state index in [2.05, 4.69) is 26.3 Å². The lowest BCUT2D eigenvalue weighted by atomic mass is 10.1. The van der Waals surface area contributed by atoms with E-state index in [9.17, 15) is 4.79 Å². The van der Waals surface area contributed by atoms with Gasteiger partial charge >= 0.3 is 0 Å². The van der Waals surface area contributed by atoms with Gasteiger partial charge < -0.3 is 10.2 Å². The number of amides is 1. The molecular weight excluding hydrogens is 348 g/mol. The molecule has 0 atom stereocenters. The van der Waals surface area contributed by atoms with Gasteiger partial charge in [-0.2, -0.15) is 0 Å². The molecule has 5 heteroatoms. The third-order valence-corrected chi connectivity index (χ3v) is 5.97. The van der Waals surface area contributed by atoms with Crippen LogP contribution in [0.5, 0.6) is 0 Å². The van der Waals surface area contributed by atoms with Crippen LogP contribution in [0, 0.1) is 0 Å². The summed E-state index contributed by atoms with van der Waals surface area (Å²) in [6.45, 7) is 2.13. The number of piperidine rings is 1. The Labute approximate surface area is 167 Å². The van der Waals surface area contributed by atoms with Gasteiger partial charge in [-0.1, -0.05) is 37.8 Å².